The van der Waals surface area contributed by atoms with E-state index in [1.165, 1.54) is 12.1 Å². The predicted molar refractivity (Wildman–Crippen MR) is 67.5 cm³/mol. The molecule has 0 aliphatic carbocycles. The molecule has 0 spiro atoms. The lowest BCUT2D eigenvalue weighted by atomic mass is 10.0. The third kappa shape index (κ3) is 2.85. The van der Waals surface area contributed by atoms with Gasteiger partial charge in [-0.2, -0.15) is 4.39 Å². The monoisotopic (exact) mass is 277 g/mol. The van der Waals surface area contributed by atoms with Gasteiger partial charge in [-0.15, -0.1) is 0 Å². The molecule has 0 unspecified atom stereocenters. The average Bonchev–Trinajstić information content (AvgIpc) is 2.38. The molecule has 0 aliphatic rings. The van der Waals surface area contributed by atoms with Crippen LogP contribution in [0.15, 0.2) is 42.5 Å². The van der Waals surface area contributed by atoms with E-state index in [4.69, 9.17) is 0 Å². The zero-order valence-electron chi connectivity index (χ0n) is 10.2. The summed E-state index contributed by atoms with van der Waals surface area (Å²) in [5.41, 5.74) is -0.816. The van der Waals surface area contributed by atoms with E-state index in [1.807, 2.05) is 0 Å². The first-order chi connectivity index (χ1) is 9.49. The molecule has 0 N–H and O–H groups in total. The van der Waals surface area contributed by atoms with Crippen molar-refractivity contribution >= 4 is 11.5 Å². The Morgan fingerprint density at radius 1 is 1.15 bits per heavy atom. The molecule has 0 aromatic heterocycles. The van der Waals surface area contributed by atoms with Crippen LogP contribution in [0.2, 0.25) is 0 Å². The molecule has 6 heteroatoms. The van der Waals surface area contributed by atoms with Gasteiger partial charge in [0.25, 0.3) is 0 Å². The van der Waals surface area contributed by atoms with Crippen molar-refractivity contribution in [1.29, 1.82) is 0 Å². The van der Waals surface area contributed by atoms with Gasteiger partial charge in [0.2, 0.25) is 5.82 Å². The van der Waals surface area contributed by atoms with Gasteiger partial charge in [-0.25, -0.2) is 4.39 Å². The zero-order valence-corrected chi connectivity index (χ0v) is 10.2. The van der Waals surface area contributed by atoms with E-state index in [0.717, 1.165) is 6.07 Å². The molecule has 0 bridgehead atoms. The standard InChI is InChI=1S/C14H9F2NO3/c15-11-6-10(14(17(19)20)12(16)8-11)7-13(18)9-4-2-1-3-5-9/h1-6,8H,7H2. The fraction of sp³-hybridized carbons (Fsp3) is 0.0714. The highest BCUT2D eigenvalue weighted by molar-refractivity contribution is 5.97. The van der Waals surface area contributed by atoms with Crippen molar-refractivity contribution in [2.75, 3.05) is 0 Å². The normalized spacial score (nSPS) is 10.3. The topological polar surface area (TPSA) is 60.2 Å². The summed E-state index contributed by atoms with van der Waals surface area (Å²) in [5.74, 6) is -2.69. The number of hydrogen-bond donors (Lipinski definition) is 0. The largest absolute Gasteiger partial charge is 0.308 e. The molecular weight excluding hydrogens is 268 g/mol. The fourth-order valence-corrected chi connectivity index (χ4v) is 1.86. The first kappa shape index (κ1) is 13.8. The minimum Gasteiger partial charge on any atom is -0.294 e. The van der Waals surface area contributed by atoms with Crippen LogP contribution in [-0.2, 0) is 6.42 Å². The van der Waals surface area contributed by atoms with Gasteiger partial charge in [-0.3, -0.25) is 14.9 Å². The van der Waals surface area contributed by atoms with Crippen molar-refractivity contribution in [3.63, 3.8) is 0 Å². The summed E-state index contributed by atoms with van der Waals surface area (Å²) in [5, 5.41) is 10.8. The van der Waals surface area contributed by atoms with Crippen LogP contribution in [0.3, 0.4) is 0 Å². The van der Waals surface area contributed by atoms with Crippen LogP contribution in [0.4, 0.5) is 14.5 Å². The molecule has 2 aromatic rings. The highest BCUT2D eigenvalue weighted by atomic mass is 19.1. The third-order valence-electron chi connectivity index (χ3n) is 2.74. The summed E-state index contributed by atoms with van der Waals surface area (Å²) in [6.45, 7) is 0. The maximum atomic E-state index is 13.4. The highest BCUT2D eigenvalue weighted by Gasteiger charge is 2.23. The Hall–Kier alpha value is -2.63. The summed E-state index contributed by atoms with van der Waals surface area (Å²) in [6.07, 6.45) is -0.436. The molecule has 0 atom stereocenters. The van der Waals surface area contributed by atoms with Crippen molar-refractivity contribution in [3.8, 4) is 0 Å². The first-order valence-electron chi connectivity index (χ1n) is 5.69. The minimum atomic E-state index is -1.29. The van der Waals surface area contributed by atoms with E-state index in [-0.39, 0.29) is 5.56 Å². The van der Waals surface area contributed by atoms with Gasteiger partial charge in [-0.1, -0.05) is 30.3 Å². The molecule has 0 heterocycles. The number of rotatable bonds is 4. The number of ketones is 1. The summed E-state index contributed by atoms with van der Waals surface area (Å²) in [4.78, 5) is 21.8. The second-order valence-electron chi connectivity index (χ2n) is 4.12. The van der Waals surface area contributed by atoms with Crippen LogP contribution in [0.25, 0.3) is 0 Å². The summed E-state index contributed by atoms with van der Waals surface area (Å²) in [7, 11) is 0. The number of Topliss-reactive ketones (excluding diaryl/α,β-unsaturated/α-hetero) is 1. The van der Waals surface area contributed by atoms with Gasteiger partial charge in [0.05, 0.1) is 4.92 Å². The Morgan fingerprint density at radius 3 is 2.40 bits per heavy atom. The number of carbonyl (C=O) groups is 1. The summed E-state index contributed by atoms with van der Waals surface area (Å²) >= 11 is 0. The number of nitro benzene ring substituents is 1. The van der Waals surface area contributed by atoms with Crippen LogP contribution in [-0.4, -0.2) is 10.7 Å². The molecule has 20 heavy (non-hydrogen) atoms. The third-order valence-corrected chi connectivity index (χ3v) is 2.74. The Morgan fingerprint density at radius 2 is 1.80 bits per heavy atom. The zero-order chi connectivity index (χ0) is 14.7. The minimum absolute atomic E-state index is 0.277. The maximum absolute atomic E-state index is 13.4. The number of nitrogens with zero attached hydrogens (tertiary/aromatic N) is 1. The van der Waals surface area contributed by atoms with Crippen molar-refractivity contribution in [1.82, 2.24) is 0 Å². The van der Waals surface area contributed by atoms with Crippen molar-refractivity contribution < 1.29 is 18.5 Å². The maximum Gasteiger partial charge on any atom is 0.308 e. The van der Waals surface area contributed by atoms with E-state index in [9.17, 15) is 23.7 Å². The Kier molecular flexibility index (Phi) is 3.84. The van der Waals surface area contributed by atoms with Gasteiger partial charge in [0.1, 0.15) is 5.82 Å². The van der Waals surface area contributed by atoms with Gasteiger partial charge in [-0.05, 0) is 6.07 Å². The van der Waals surface area contributed by atoms with Crippen LogP contribution in [0.5, 0.6) is 0 Å². The Balaban J connectivity index is 2.39. The molecule has 0 saturated carbocycles. The molecule has 102 valence electrons. The number of benzene rings is 2. The van der Waals surface area contributed by atoms with Crippen molar-refractivity contribution in [2.45, 2.75) is 6.42 Å². The van der Waals surface area contributed by atoms with E-state index < -0.39 is 34.4 Å². The SMILES string of the molecule is O=C(Cc1cc(F)cc(F)c1[N+](=O)[O-])c1ccccc1. The quantitative estimate of drug-likeness (QED) is 0.489. The molecule has 0 amide bonds. The van der Waals surface area contributed by atoms with Gasteiger partial charge < -0.3 is 0 Å². The molecule has 2 aromatic carbocycles. The first-order valence-corrected chi connectivity index (χ1v) is 5.69. The number of hydrogen-bond acceptors (Lipinski definition) is 3. The van der Waals surface area contributed by atoms with Crippen molar-refractivity contribution in [2.24, 2.45) is 0 Å². The summed E-state index contributed by atoms with van der Waals surface area (Å²) < 4.78 is 26.6. The predicted octanol–water partition coefficient (Wildman–Crippen LogP) is 3.30. The van der Waals surface area contributed by atoms with E-state index in [1.54, 1.807) is 18.2 Å². The molecule has 0 radical (unpaired) electrons. The second kappa shape index (κ2) is 5.56. The molecule has 0 aliphatic heterocycles. The van der Waals surface area contributed by atoms with Crippen LogP contribution in [0.1, 0.15) is 15.9 Å². The highest BCUT2D eigenvalue weighted by Crippen LogP contribution is 2.25. The number of halogens is 2. The molecular formula is C14H9F2NO3. The average molecular weight is 277 g/mol. The molecule has 2 rings (SSSR count). The fourth-order valence-electron chi connectivity index (χ4n) is 1.86. The Bertz CT molecular complexity index is 672. The van der Waals surface area contributed by atoms with E-state index >= 15 is 0 Å². The van der Waals surface area contributed by atoms with Crippen molar-refractivity contribution in [3.05, 3.63) is 75.3 Å². The lowest BCUT2D eigenvalue weighted by molar-refractivity contribution is -0.388. The van der Waals surface area contributed by atoms with Crippen LogP contribution in [0, 0.1) is 21.7 Å². The number of nitro groups is 1. The van der Waals surface area contributed by atoms with E-state index in [0.29, 0.717) is 11.6 Å². The van der Waals surface area contributed by atoms with Gasteiger partial charge in [0, 0.05) is 23.6 Å². The van der Waals surface area contributed by atoms with Crippen LogP contribution >= 0.6 is 0 Å². The lowest BCUT2D eigenvalue weighted by Crippen LogP contribution is -2.07. The molecule has 0 saturated heterocycles. The summed E-state index contributed by atoms with van der Waals surface area (Å²) in [6, 6.07) is 9.27. The molecule has 0 fully saturated rings. The van der Waals surface area contributed by atoms with Crippen LogP contribution < -0.4 is 0 Å². The second-order valence-corrected chi connectivity index (χ2v) is 4.12. The lowest BCUT2D eigenvalue weighted by Gasteiger charge is -2.04. The smallest absolute Gasteiger partial charge is 0.294 e. The molecule has 4 nitrogen and oxygen atoms in total. The van der Waals surface area contributed by atoms with E-state index in [2.05, 4.69) is 0 Å². The number of carbonyl (C=O) groups excluding carboxylic acids is 1. The van der Waals surface area contributed by atoms with Gasteiger partial charge >= 0.3 is 5.69 Å². The van der Waals surface area contributed by atoms with Gasteiger partial charge in [0.15, 0.2) is 5.78 Å². The Labute approximate surface area is 112 Å².